The number of nitrogens with one attached hydrogen (secondary N) is 1. The standard InChI is InChI=1S/C16H15Cl2NO/c17-14-8-6-12(7-9-14)10-11-19-16(20)15(18)13-4-2-1-3-5-13/h1-9,15H,10-11H2,(H,19,20)/t15-/m1/s1. The van der Waals surface area contributed by atoms with E-state index in [0.717, 1.165) is 17.5 Å². The van der Waals surface area contributed by atoms with Crippen LogP contribution < -0.4 is 5.32 Å². The average molecular weight is 308 g/mol. The van der Waals surface area contributed by atoms with Crippen LogP contribution in [-0.4, -0.2) is 12.5 Å². The van der Waals surface area contributed by atoms with Crippen LogP contribution in [0.2, 0.25) is 5.02 Å². The van der Waals surface area contributed by atoms with Crippen LogP contribution in [0.25, 0.3) is 0 Å². The topological polar surface area (TPSA) is 29.1 Å². The molecule has 0 heterocycles. The molecule has 0 saturated carbocycles. The molecule has 1 N–H and O–H groups in total. The molecule has 0 saturated heterocycles. The van der Waals surface area contributed by atoms with Crippen LogP contribution in [-0.2, 0) is 11.2 Å². The Morgan fingerprint density at radius 2 is 1.70 bits per heavy atom. The Hall–Kier alpha value is -1.51. The van der Waals surface area contributed by atoms with Crippen molar-refractivity contribution in [2.45, 2.75) is 11.8 Å². The largest absolute Gasteiger partial charge is 0.354 e. The number of benzene rings is 2. The first-order chi connectivity index (χ1) is 9.66. The summed E-state index contributed by atoms with van der Waals surface area (Å²) in [6.07, 6.45) is 0.751. The molecule has 2 aromatic carbocycles. The Bertz CT molecular complexity index is 554. The molecule has 0 radical (unpaired) electrons. The molecule has 0 bridgehead atoms. The second kappa shape index (κ2) is 7.32. The molecular formula is C16H15Cl2NO. The smallest absolute Gasteiger partial charge is 0.242 e. The molecule has 0 unspecified atom stereocenters. The summed E-state index contributed by atoms with van der Waals surface area (Å²) in [4.78, 5) is 11.9. The zero-order valence-corrected chi connectivity index (χ0v) is 12.4. The van der Waals surface area contributed by atoms with Crippen molar-refractivity contribution in [1.82, 2.24) is 5.32 Å². The minimum Gasteiger partial charge on any atom is -0.354 e. The second-order valence-corrected chi connectivity index (χ2v) is 5.31. The molecule has 1 amide bonds. The van der Waals surface area contributed by atoms with Gasteiger partial charge in [-0.1, -0.05) is 54.1 Å². The van der Waals surface area contributed by atoms with E-state index >= 15 is 0 Å². The van der Waals surface area contributed by atoms with Gasteiger partial charge in [-0.2, -0.15) is 0 Å². The Labute approximate surface area is 128 Å². The van der Waals surface area contributed by atoms with Crippen molar-refractivity contribution in [3.05, 3.63) is 70.7 Å². The van der Waals surface area contributed by atoms with Crippen molar-refractivity contribution in [3.63, 3.8) is 0 Å². The van der Waals surface area contributed by atoms with Gasteiger partial charge in [-0.25, -0.2) is 0 Å². The summed E-state index contributed by atoms with van der Waals surface area (Å²) < 4.78 is 0. The van der Waals surface area contributed by atoms with Gasteiger partial charge in [0.25, 0.3) is 0 Å². The predicted molar refractivity (Wildman–Crippen MR) is 83.2 cm³/mol. The van der Waals surface area contributed by atoms with Gasteiger partial charge in [-0.3, -0.25) is 4.79 Å². The van der Waals surface area contributed by atoms with Gasteiger partial charge >= 0.3 is 0 Å². The highest BCUT2D eigenvalue weighted by molar-refractivity contribution is 6.31. The van der Waals surface area contributed by atoms with Gasteiger partial charge in [0, 0.05) is 11.6 Å². The number of hydrogen-bond acceptors (Lipinski definition) is 1. The lowest BCUT2D eigenvalue weighted by Crippen LogP contribution is -2.28. The second-order valence-electron chi connectivity index (χ2n) is 4.44. The minimum absolute atomic E-state index is 0.174. The molecule has 104 valence electrons. The summed E-state index contributed by atoms with van der Waals surface area (Å²) in [5, 5.41) is 2.90. The van der Waals surface area contributed by atoms with E-state index in [0.29, 0.717) is 11.6 Å². The molecule has 1 atom stereocenters. The van der Waals surface area contributed by atoms with E-state index in [-0.39, 0.29) is 5.91 Å². The van der Waals surface area contributed by atoms with Gasteiger partial charge in [0.1, 0.15) is 5.38 Å². The summed E-state index contributed by atoms with van der Waals surface area (Å²) in [5.74, 6) is -0.174. The van der Waals surface area contributed by atoms with Crippen molar-refractivity contribution in [2.75, 3.05) is 6.54 Å². The highest BCUT2D eigenvalue weighted by Gasteiger charge is 2.16. The lowest BCUT2D eigenvalue weighted by Gasteiger charge is -2.10. The zero-order valence-electron chi connectivity index (χ0n) is 10.9. The first kappa shape index (κ1) is 14.9. The predicted octanol–water partition coefficient (Wildman–Crippen LogP) is 3.98. The first-order valence-corrected chi connectivity index (χ1v) is 7.19. The van der Waals surface area contributed by atoms with Crippen molar-refractivity contribution >= 4 is 29.1 Å². The molecule has 2 rings (SSSR count). The van der Waals surface area contributed by atoms with E-state index in [9.17, 15) is 4.79 Å². The highest BCUT2D eigenvalue weighted by atomic mass is 35.5. The quantitative estimate of drug-likeness (QED) is 0.832. The van der Waals surface area contributed by atoms with Crippen molar-refractivity contribution in [3.8, 4) is 0 Å². The summed E-state index contributed by atoms with van der Waals surface area (Å²) in [6, 6.07) is 16.9. The molecule has 0 spiro atoms. The number of rotatable bonds is 5. The lowest BCUT2D eigenvalue weighted by atomic mass is 10.1. The van der Waals surface area contributed by atoms with Gasteiger partial charge in [0.05, 0.1) is 0 Å². The van der Waals surface area contributed by atoms with Crippen LogP contribution in [0.4, 0.5) is 0 Å². The summed E-state index contributed by atoms with van der Waals surface area (Å²) >= 11 is 11.9. The molecule has 20 heavy (non-hydrogen) atoms. The minimum atomic E-state index is -0.651. The molecule has 0 fully saturated rings. The molecule has 0 aliphatic carbocycles. The molecule has 2 nitrogen and oxygen atoms in total. The number of alkyl halides is 1. The van der Waals surface area contributed by atoms with Crippen LogP contribution in [0.5, 0.6) is 0 Å². The summed E-state index contributed by atoms with van der Waals surface area (Å²) in [7, 11) is 0. The van der Waals surface area contributed by atoms with Crippen LogP contribution in [0.3, 0.4) is 0 Å². The van der Waals surface area contributed by atoms with Crippen molar-refractivity contribution in [1.29, 1.82) is 0 Å². The van der Waals surface area contributed by atoms with Gasteiger partial charge in [-0.15, -0.1) is 11.6 Å². The SMILES string of the molecule is O=C(NCCc1ccc(Cl)cc1)[C@H](Cl)c1ccccc1. The fraction of sp³-hybridized carbons (Fsp3) is 0.188. The Morgan fingerprint density at radius 1 is 1.05 bits per heavy atom. The van der Waals surface area contributed by atoms with E-state index in [1.54, 1.807) is 0 Å². The number of hydrogen-bond donors (Lipinski definition) is 1. The average Bonchev–Trinajstić information content (AvgIpc) is 2.49. The van der Waals surface area contributed by atoms with Gasteiger partial charge < -0.3 is 5.32 Å². The van der Waals surface area contributed by atoms with E-state index < -0.39 is 5.38 Å². The molecule has 4 heteroatoms. The third-order valence-electron chi connectivity index (χ3n) is 2.95. The summed E-state index contributed by atoms with van der Waals surface area (Å²) in [5.41, 5.74) is 1.93. The molecule has 0 aliphatic rings. The monoisotopic (exact) mass is 307 g/mol. The maximum absolute atomic E-state index is 11.9. The van der Waals surface area contributed by atoms with Crippen molar-refractivity contribution in [2.24, 2.45) is 0 Å². The van der Waals surface area contributed by atoms with Gasteiger partial charge in [0.15, 0.2) is 0 Å². The van der Waals surface area contributed by atoms with Crippen LogP contribution in [0, 0.1) is 0 Å². The van der Waals surface area contributed by atoms with Gasteiger partial charge in [0.2, 0.25) is 5.91 Å². The Morgan fingerprint density at radius 3 is 2.35 bits per heavy atom. The first-order valence-electron chi connectivity index (χ1n) is 6.38. The third kappa shape index (κ3) is 4.26. The summed E-state index contributed by atoms with van der Waals surface area (Å²) in [6.45, 7) is 0.552. The number of carbonyl (C=O) groups is 1. The Kier molecular flexibility index (Phi) is 5.45. The van der Waals surface area contributed by atoms with E-state index in [2.05, 4.69) is 5.32 Å². The van der Waals surface area contributed by atoms with Crippen molar-refractivity contribution < 1.29 is 4.79 Å². The maximum atomic E-state index is 11.9. The van der Waals surface area contributed by atoms with Gasteiger partial charge in [-0.05, 0) is 29.7 Å². The number of amides is 1. The fourth-order valence-electron chi connectivity index (χ4n) is 1.84. The van der Waals surface area contributed by atoms with E-state index in [4.69, 9.17) is 23.2 Å². The lowest BCUT2D eigenvalue weighted by molar-refractivity contribution is -0.120. The maximum Gasteiger partial charge on any atom is 0.242 e. The molecule has 2 aromatic rings. The molecule has 0 aliphatic heterocycles. The number of halogens is 2. The van der Waals surface area contributed by atoms with Crippen LogP contribution >= 0.6 is 23.2 Å². The number of carbonyl (C=O) groups excluding carboxylic acids is 1. The molecule has 0 aromatic heterocycles. The van der Waals surface area contributed by atoms with Crippen LogP contribution in [0.1, 0.15) is 16.5 Å². The zero-order chi connectivity index (χ0) is 14.4. The fourth-order valence-corrected chi connectivity index (χ4v) is 2.19. The van der Waals surface area contributed by atoms with E-state index in [1.165, 1.54) is 0 Å². The highest BCUT2D eigenvalue weighted by Crippen LogP contribution is 2.19. The third-order valence-corrected chi connectivity index (χ3v) is 3.65. The molecular weight excluding hydrogens is 293 g/mol. The Balaban J connectivity index is 1.82. The normalized spacial score (nSPS) is 11.9. The van der Waals surface area contributed by atoms with Crippen LogP contribution in [0.15, 0.2) is 54.6 Å². The van der Waals surface area contributed by atoms with E-state index in [1.807, 2.05) is 54.6 Å².